The monoisotopic (exact) mass is 186 g/mol. The molecule has 1 heterocycles. The Morgan fingerprint density at radius 1 is 1.69 bits per heavy atom. The first-order chi connectivity index (χ1) is 6.07. The second kappa shape index (κ2) is 4.07. The Morgan fingerprint density at radius 2 is 2.31 bits per heavy atom. The van der Waals surface area contributed by atoms with Gasteiger partial charge in [-0.25, -0.2) is 0 Å². The van der Waals surface area contributed by atoms with Gasteiger partial charge in [0, 0.05) is 12.0 Å². The number of nitrogens with two attached hydrogens (primary N) is 1. The van der Waals surface area contributed by atoms with Crippen molar-refractivity contribution in [3.05, 3.63) is 0 Å². The van der Waals surface area contributed by atoms with Crippen LogP contribution in [0.5, 0.6) is 0 Å². The van der Waals surface area contributed by atoms with Gasteiger partial charge in [-0.1, -0.05) is 13.8 Å². The molecule has 1 aliphatic heterocycles. The third kappa shape index (κ3) is 2.67. The van der Waals surface area contributed by atoms with Gasteiger partial charge in [-0.3, -0.25) is 4.79 Å². The van der Waals surface area contributed by atoms with Crippen LogP contribution in [0.2, 0.25) is 0 Å². The van der Waals surface area contributed by atoms with Crippen molar-refractivity contribution < 1.29 is 9.53 Å². The average molecular weight is 186 g/mol. The van der Waals surface area contributed by atoms with Gasteiger partial charge in [-0.05, 0) is 6.42 Å². The highest BCUT2D eigenvalue weighted by Crippen LogP contribution is 2.24. The molecule has 0 radical (unpaired) electrons. The fourth-order valence-corrected chi connectivity index (χ4v) is 1.17. The first-order valence-electron chi connectivity index (χ1n) is 4.68. The molecule has 0 aromatic rings. The van der Waals surface area contributed by atoms with Crippen molar-refractivity contribution >= 4 is 5.91 Å². The van der Waals surface area contributed by atoms with Crippen LogP contribution in [0.15, 0.2) is 0 Å². The van der Waals surface area contributed by atoms with E-state index < -0.39 is 0 Å². The third-order valence-electron chi connectivity index (χ3n) is 2.37. The zero-order valence-corrected chi connectivity index (χ0v) is 8.30. The van der Waals surface area contributed by atoms with Gasteiger partial charge in [0.15, 0.2) is 0 Å². The summed E-state index contributed by atoms with van der Waals surface area (Å²) in [5, 5.41) is 2.83. The maximum atomic E-state index is 11.3. The number of nitrogens with one attached hydrogen (secondary N) is 1. The van der Waals surface area contributed by atoms with Crippen LogP contribution in [0.1, 0.15) is 20.3 Å². The molecule has 1 saturated heterocycles. The van der Waals surface area contributed by atoms with E-state index >= 15 is 0 Å². The van der Waals surface area contributed by atoms with Crippen LogP contribution >= 0.6 is 0 Å². The molecule has 0 unspecified atom stereocenters. The van der Waals surface area contributed by atoms with Crippen molar-refractivity contribution in [1.82, 2.24) is 5.32 Å². The lowest BCUT2D eigenvalue weighted by atomic mass is 9.88. The number of hydrogen-bond donors (Lipinski definition) is 2. The smallest absolute Gasteiger partial charge is 0.236 e. The second-order valence-corrected chi connectivity index (χ2v) is 4.04. The molecule has 76 valence electrons. The maximum Gasteiger partial charge on any atom is 0.236 e. The van der Waals surface area contributed by atoms with Crippen LogP contribution in [-0.2, 0) is 9.53 Å². The average Bonchev–Trinajstić information content (AvgIpc) is 2.09. The van der Waals surface area contributed by atoms with E-state index in [2.05, 4.69) is 12.2 Å². The summed E-state index contributed by atoms with van der Waals surface area (Å²) in [6, 6.07) is -0.371. The van der Waals surface area contributed by atoms with Gasteiger partial charge in [0.2, 0.25) is 5.91 Å². The van der Waals surface area contributed by atoms with E-state index in [0.717, 1.165) is 13.2 Å². The molecule has 4 nitrogen and oxygen atoms in total. The third-order valence-corrected chi connectivity index (χ3v) is 2.37. The van der Waals surface area contributed by atoms with Gasteiger partial charge in [-0.15, -0.1) is 0 Å². The summed E-state index contributed by atoms with van der Waals surface area (Å²) in [5.41, 5.74) is 5.69. The summed E-state index contributed by atoms with van der Waals surface area (Å²) in [4.78, 5) is 11.3. The Hall–Kier alpha value is -0.610. The highest BCUT2D eigenvalue weighted by Gasteiger charge is 2.33. The fraction of sp³-hybridized carbons (Fsp3) is 0.889. The molecule has 1 atom stereocenters. The second-order valence-electron chi connectivity index (χ2n) is 4.04. The highest BCUT2D eigenvalue weighted by molar-refractivity contribution is 5.81. The molecule has 1 amide bonds. The molecule has 1 aliphatic rings. The molecular weight excluding hydrogens is 168 g/mol. The number of hydrogen-bond acceptors (Lipinski definition) is 3. The van der Waals surface area contributed by atoms with E-state index in [9.17, 15) is 4.79 Å². The molecule has 13 heavy (non-hydrogen) atoms. The number of carbonyl (C=O) groups is 1. The summed E-state index contributed by atoms with van der Waals surface area (Å²) < 4.78 is 5.07. The Morgan fingerprint density at radius 3 is 2.69 bits per heavy atom. The summed E-state index contributed by atoms with van der Waals surface area (Å²) >= 11 is 0. The molecule has 0 aliphatic carbocycles. The van der Waals surface area contributed by atoms with Gasteiger partial charge >= 0.3 is 0 Å². The lowest BCUT2D eigenvalue weighted by Gasteiger charge is -2.38. The number of amides is 1. The Kier molecular flexibility index (Phi) is 3.27. The Balaban J connectivity index is 2.21. The van der Waals surface area contributed by atoms with Crippen LogP contribution in [0.3, 0.4) is 0 Å². The van der Waals surface area contributed by atoms with Gasteiger partial charge in [0.1, 0.15) is 0 Å². The molecule has 0 saturated carbocycles. The van der Waals surface area contributed by atoms with Crippen LogP contribution < -0.4 is 11.1 Å². The minimum Gasteiger partial charge on any atom is -0.380 e. The summed E-state index contributed by atoms with van der Waals surface area (Å²) in [7, 11) is 0. The zero-order chi connectivity index (χ0) is 9.90. The first kappa shape index (κ1) is 10.5. The minimum absolute atomic E-state index is 0.0596. The van der Waals surface area contributed by atoms with E-state index in [4.69, 9.17) is 10.5 Å². The highest BCUT2D eigenvalue weighted by atomic mass is 16.5. The lowest BCUT2D eigenvalue weighted by molar-refractivity contribution is -0.127. The number of ether oxygens (including phenoxy) is 1. The topological polar surface area (TPSA) is 64.4 Å². The van der Waals surface area contributed by atoms with Gasteiger partial charge in [-0.2, -0.15) is 0 Å². The van der Waals surface area contributed by atoms with Gasteiger partial charge in [0.25, 0.3) is 0 Å². The van der Waals surface area contributed by atoms with Gasteiger partial charge < -0.3 is 15.8 Å². The SMILES string of the molecule is CC[C@H](N)C(=O)NCC1(C)COC1. The van der Waals surface area contributed by atoms with Crippen molar-refractivity contribution in [3.63, 3.8) is 0 Å². The quantitative estimate of drug-likeness (QED) is 0.643. The van der Waals surface area contributed by atoms with Crippen LogP contribution in [0, 0.1) is 5.41 Å². The first-order valence-corrected chi connectivity index (χ1v) is 4.68. The van der Waals surface area contributed by atoms with Crippen molar-refractivity contribution in [2.45, 2.75) is 26.3 Å². The molecular formula is C9H18N2O2. The zero-order valence-electron chi connectivity index (χ0n) is 8.30. The standard InChI is InChI=1S/C9H18N2O2/c1-3-7(10)8(12)11-4-9(2)5-13-6-9/h7H,3-6,10H2,1-2H3,(H,11,12)/t7-/m0/s1. The maximum absolute atomic E-state index is 11.3. The largest absolute Gasteiger partial charge is 0.380 e. The predicted molar refractivity (Wildman–Crippen MR) is 50.2 cm³/mol. The molecule has 3 N–H and O–H groups in total. The number of carbonyl (C=O) groups excluding carboxylic acids is 1. The van der Waals surface area contributed by atoms with E-state index in [0.29, 0.717) is 13.0 Å². The summed E-state index contributed by atoms with van der Waals surface area (Å²) in [6.07, 6.45) is 0.680. The summed E-state index contributed by atoms with van der Waals surface area (Å²) in [5.74, 6) is -0.0596. The van der Waals surface area contributed by atoms with Crippen molar-refractivity contribution in [2.24, 2.45) is 11.1 Å². The van der Waals surface area contributed by atoms with Crippen LogP contribution in [0.25, 0.3) is 0 Å². The van der Waals surface area contributed by atoms with Crippen molar-refractivity contribution in [2.75, 3.05) is 19.8 Å². The Bertz CT molecular complexity index is 190. The van der Waals surface area contributed by atoms with Crippen molar-refractivity contribution in [3.8, 4) is 0 Å². The molecule has 1 rings (SSSR count). The normalized spacial score (nSPS) is 21.8. The van der Waals surface area contributed by atoms with E-state index in [1.165, 1.54) is 0 Å². The van der Waals surface area contributed by atoms with Gasteiger partial charge in [0.05, 0.1) is 19.3 Å². The molecule has 4 heteroatoms. The lowest BCUT2D eigenvalue weighted by Crippen LogP contribution is -2.51. The number of rotatable bonds is 4. The minimum atomic E-state index is -0.371. The predicted octanol–water partition coefficient (Wildman–Crippen LogP) is -0.124. The molecule has 0 aromatic carbocycles. The fourth-order valence-electron chi connectivity index (χ4n) is 1.17. The van der Waals surface area contributed by atoms with Crippen molar-refractivity contribution in [1.29, 1.82) is 0 Å². The van der Waals surface area contributed by atoms with Crippen LogP contribution in [0.4, 0.5) is 0 Å². The molecule has 0 spiro atoms. The molecule has 1 fully saturated rings. The van der Waals surface area contributed by atoms with E-state index in [1.807, 2.05) is 6.92 Å². The summed E-state index contributed by atoms with van der Waals surface area (Å²) in [6.45, 7) is 6.12. The Labute approximate surface area is 78.8 Å². The van der Waals surface area contributed by atoms with Crippen LogP contribution in [-0.4, -0.2) is 31.7 Å². The molecule has 0 aromatic heterocycles. The van der Waals surface area contributed by atoms with E-state index in [-0.39, 0.29) is 17.4 Å². The van der Waals surface area contributed by atoms with E-state index in [1.54, 1.807) is 0 Å². The molecule has 0 bridgehead atoms.